The van der Waals surface area contributed by atoms with Gasteiger partial charge >= 0.3 is 0 Å². The van der Waals surface area contributed by atoms with Crippen molar-refractivity contribution in [1.82, 2.24) is 5.06 Å². The van der Waals surface area contributed by atoms with E-state index in [0.29, 0.717) is 0 Å². The van der Waals surface area contributed by atoms with E-state index in [4.69, 9.17) is 4.84 Å². The SMILES string of the molecule is CON1C(=O)C2C3C=CC(S3)C2C1=O. The zero-order valence-electron chi connectivity index (χ0n) is 7.54. The monoisotopic (exact) mass is 211 g/mol. The number of nitrogens with zero attached hydrogens (tertiary/aromatic N) is 1. The van der Waals surface area contributed by atoms with Crippen LogP contribution in [0.25, 0.3) is 0 Å². The smallest absolute Gasteiger partial charge is 0.258 e. The molecule has 4 nitrogen and oxygen atoms in total. The number of hydrogen-bond donors (Lipinski definition) is 0. The third-order valence-electron chi connectivity index (χ3n) is 3.05. The minimum atomic E-state index is -0.178. The van der Waals surface area contributed by atoms with Gasteiger partial charge in [-0.25, -0.2) is 0 Å². The van der Waals surface area contributed by atoms with Gasteiger partial charge in [0.25, 0.3) is 11.8 Å². The first-order valence-electron chi connectivity index (χ1n) is 4.50. The number of imide groups is 1. The van der Waals surface area contributed by atoms with Crippen LogP contribution in [-0.2, 0) is 14.4 Å². The summed E-state index contributed by atoms with van der Waals surface area (Å²) in [6.45, 7) is 0. The van der Waals surface area contributed by atoms with Crippen LogP contribution in [0.3, 0.4) is 0 Å². The predicted octanol–water partition coefficient (Wildman–Crippen LogP) is 0.203. The second-order valence-electron chi connectivity index (χ2n) is 3.66. The maximum atomic E-state index is 11.8. The first-order valence-corrected chi connectivity index (χ1v) is 5.44. The normalized spacial score (nSPS) is 43.9. The summed E-state index contributed by atoms with van der Waals surface area (Å²) in [5.41, 5.74) is 0. The van der Waals surface area contributed by atoms with Crippen molar-refractivity contribution in [2.75, 3.05) is 7.11 Å². The van der Waals surface area contributed by atoms with Gasteiger partial charge in [-0.05, 0) is 0 Å². The lowest BCUT2D eigenvalue weighted by molar-refractivity contribution is -0.181. The third kappa shape index (κ3) is 0.797. The molecule has 2 bridgehead atoms. The van der Waals surface area contributed by atoms with Crippen molar-refractivity contribution < 1.29 is 14.4 Å². The molecule has 0 aromatic rings. The number of hydrogen-bond acceptors (Lipinski definition) is 4. The van der Waals surface area contributed by atoms with Crippen molar-refractivity contribution in [1.29, 1.82) is 0 Å². The first kappa shape index (κ1) is 8.49. The van der Waals surface area contributed by atoms with E-state index in [2.05, 4.69) is 0 Å². The molecule has 0 radical (unpaired) electrons. The molecule has 0 aromatic carbocycles. The zero-order chi connectivity index (χ0) is 9.87. The highest BCUT2D eigenvalue weighted by Gasteiger charge is 2.60. The van der Waals surface area contributed by atoms with E-state index < -0.39 is 0 Å². The van der Waals surface area contributed by atoms with Gasteiger partial charge in [-0.3, -0.25) is 14.4 Å². The van der Waals surface area contributed by atoms with Crippen molar-refractivity contribution in [3.8, 4) is 0 Å². The molecule has 2 fully saturated rings. The van der Waals surface area contributed by atoms with E-state index in [1.807, 2.05) is 12.2 Å². The third-order valence-corrected chi connectivity index (χ3v) is 4.58. The van der Waals surface area contributed by atoms with Gasteiger partial charge < -0.3 is 0 Å². The molecule has 0 spiro atoms. The lowest BCUT2D eigenvalue weighted by Crippen LogP contribution is -2.32. The highest BCUT2D eigenvalue weighted by atomic mass is 32.2. The molecule has 3 aliphatic heterocycles. The van der Waals surface area contributed by atoms with Gasteiger partial charge in [-0.15, -0.1) is 11.8 Å². The van der Waals surface area contributed by atoms with E-state index in [1.54, 1.807) is 11.8 Å². The molecule has 0 aliphatic carbocycles. The van der Waals surface area contributed by atoms with Gasteiger partial charge in [0, 0.05) is 10.5 Å². The second kappa shape index (κ2) is 2.61. The number of amides is 2. The van der Waals surface area contributed by atoms with Crippen molar-refractivity contribution in [2.24, 2.45) is 11.8 Å². The maximum absolute atomic E-state index is 11.8. The minimum Gasteiger partial charge on any atom is -0.272 e. The lowest BCUT2D eigenvalue weighted by atomic mass is 9.85. The molecule has 74 valence electrons. The average molecular weight is 211 g/mol. The molecule has 3 rings (SSSR count). The molecule has 14 heavy (non-hydrogen) atoms. The van der Waals surface area contributed by atoms with E-state index in [9.17, 15) is 9.59 Å². The summed E-state index contributed by atoms with van der Waals surface area (Å²) in [6.07, 6.45) is 4.06. The summed E-state index contributed by atoms with van der Waals surface area (Å²) in [5.74, 6) is -0.705. The van der Waals surface area contributed by atoms with Crippen molar-refractivity contribution in [2.45, 2.75) is 10.5 Å². The Morgan fingerprint density at radius 2 is 1.71 bits per heavy atom. The molecule has 3 heterocycles. The number of hydroxylamine groups is 2. The summed E-state index contributed by atoms with van der Waals surface area (Å²) in [5, 5.41) is 1.28. The Bertz CT molecular complexity index is 324. The number of fused-ring (bicyclic) bond motifs is 5. The fraction of sp³-hybridized carbons (Fsp3) is 0.556. The molecule has 3 aliphatic rings. The molecule has 0 N–H and O–H groups in total. The second-order valence-corrected chi connectivity index (χ2v) is 5.02. The van der Waals surface area contributed by atoms with Crippen LogP contribution < -0.4 is 0 Å². The molecule has 4 unspecified atom stereocenters. The molecule has 5 heteroatoms. The highest BCUT2D eigenvalue weighted by Crippen LogP contribution is 2.52. The fourth-order valence-corrected chi connectivity index (χ4v) is 4.09. The van der Waals surface area contributed by atoms with E-state index in [-0.39, 0.29) is 34.2 Å². The summed E-state index contributed by atoms with van der Waals surface area (Å²) in [6, 6.07) is 0. The lowest BCUT2D eigenvalue weighted by Gasteiger charge is -2.12. The van der Waals surface area contributed by atoms with E-state index >= 15 is 0 Å². The quantitative estimate of drug-likeness (QED) is 0.459. The fourth-order valence-electron chi connectivity index (χ4n) is 2.46. The summed E-state index contributed by atoms with van der Waals surface area (Å²) >= 11 is 1.71. The van der Waals surface area contributed by atoms with Crippen molar-refractivity contribution >= 4 is 23.6 Å². The van der Waals surface area contributed by atoms with Gasteiger partial charge in [-0.2, -0.15) is 5.06 Å². The average Bonchev–Trinajstić information content (AvgIpc) is 2.80. The zero-order valence-corrected chi connectivity index (χ0v) is 8.36. The predicted molar refractivity (Wildman–Crippen MR) is 50.1 cm³/mol. The first-order chi connectivity index (χ1) is 6.74. The highest BCUT2D eigenvalue weighted by molar-refractivity contribution is 8.01. The van der Waals surface area contributed by atoms with Crippen LogP contribution in [-0.4, -0.2) is 34.5 Å². The standard InChI is InChI=1S/C9H9NO3S/c1-13-10-8(11)6-4-2-3-5(14-4)7(6)9(10)12/h2-7H,1H3. The molecule has 4 atom stereocenters. The number of carbonyl (C=O) groups is 2. The van der Waals surface area contributed by atoms with Gasteiger partial charge in [0.1, 0.15) is 0 Å². The number of carbonyl (C=O) groups excluding carboxylic acids is 2. The maximum Gasteiger partial charge on any atom is 0.258 e. The molecule has 2 saturated heterocycles. The van der Waals surface area contributed by atoms with Crippen LogP contribution in [0.5, 0.6) is 0 Å². The van der Waals surface area contributed by atoms with E-state index in [0.717, 1.165) is 5.06 Å². The van der Waals surface area contributed by atoms with Crippen LogP contribution in [0.15, 0.2) is 12.2 Å². The molecule has 0 saturated carbocycles. The Balaban J connectivity index is 2.02. The van der Waals surface area contributed by atoms with Crippen molar-refractivity contribution in [3.63, 3.8) is 0 Å². The summed E-state index contributed by atoms with van der Waals surface area (Å²) in [4.78, 5) is 28.3. The van der Waals surface area contributed by atoms with Gasteiger partial charge in [0.15, 0.2) is 0 Å². The van der Waals surface area contributed by atoms with Crippen LogP contribution in [0.4, 0.5) is 0 Å². The Morgan fingerprint density at radius 1 is 1.21 bits per heavy atom. The van der Waals surface area contributed by atoms with Crippen LogP contribution in [0.1, 0.15) is 0 Å². The van der Waals surface area contributed by atoms with Crippen LogP contribution in [0, 0.1) is 11.8 Å². The summed E-state index contributed by atoms with van der Waals surface area (Å²) < 4.78 is 0. The van der Waals surface area contributed by atoms with Gasteiger partial charge in [-0.1, -0.05) is 12.2 Å². The molecular formula is C9H9NO3S. The van der Waals surface area contributed by atoms with Gasteiger partial charge in [0.2, 0.25) is 0 Å². The number of thioether (sulfide) groups is 1. The Morgan fingerprint density at radius 3 is 2.14 bits per heavy atom. The van der Waals surface area contributed by atoms with Crippen LogP contribution in [0.2, 0.25) is 0 Å². The molecule has 2 amide bonds. The van der Waals surface area contributed by atoms with Crippen LogP contribution >= 0.6 is 11.8 Å². The topological polar surface area (TPSA) is 46.6 Å². The Hall–Kier alpha value is -0.810. The molecular weight excluding hydrogens is 202 g/mol. The Kier molecular flexibility index (Phi) is 1.58. The number of rotatable bonds is 1. The minimum absolute atomic E-state index is 0.174. The van der Waals surface area contributed by atoms with E-state index in [1.165, 1.54) is 7.11 Å². The van der Waals surface area contributed by atoms with Crippen molar-refractivity contribution in [3.05, 3.63) is 12.2 Å². The molecule has 0 aromatic heterocycles. The largest absolute Gasteiger partial charge is 0.272 e. The summed E-state index contributed by atoms with van der Waals surface area (Å²) in [7, 11) is 1.36. The Labute approximate surface area is 85.2 Å². The van der Waals surface area contributed by atoms with Gasteiger partial charge in [0.05, 0.1) is 18.9 Å².